The van der Waals surface area contributed by atoms with Gasteiger partial charge in [0.05, 0.1) is 0 Å². The highest BCUT2D eigenvalue weighted by Crippen LogP contribution is 2.15. The lowest BCUT2D eigenvalue weighted by molar-refractivity contribution is 0.0953. The van der Waals surface area contributed by atoms with E-state index < -0.39 is 0 Å². The topological polar surface area (TPSA) is 41.1 Å². The van der Waals surface area contributed by atoms with E-state index in [9.17, 15) is 4.79 Å². The Morgan fingerprint density at radius 1 is 1.38 bits per heavy atom. The van der Waals surface area contributed by atoms with E-state index in [1.54, 1.807) is 0 Å². The quantitative estimate of drug-likeness (QED) is 0.813. The lowest BCUT2D eigenvalue weighted by Crippen LogP contribution is -2.32. The minimum absolute atomic E-state index is 0.0112. The third kappa shape index (κ3) is 3.94. The summed E-state index contributed by atoms with van der Waals surface area (Å²) in [5.74, 6) is -0.0112. The van der Waals surface area contributed by atoms with Gasteiger partial charge in [-0.25, -0.2) is 0 Å². The van der Waals surface area contributed by atoms with Crippen molar-refractivity contribution in [1.82, 2.24) is 10.6 Å². The monoisotopic (exact) mass is 284 g/mol. The average molecular weight is 285 g/mol. The first-order valence-electron chi connectivity index (χ1n) is 5.40. The van der Waals surface area contributed by atoms with E-state index in [1.165, 1.54) is 0 Å². The minimum Gasteiger partial charge on any atom is -0.351 e. The predicted molar refractivity (Wildman–Crippen MR) is 69.8 cm³/mol. The number of rotatable bonds is 5. The molecule has 0 bridgehead atoms. The average Bonchev–Trinajstić information content (AvgIpc) is 2.24. The summed E-state index contributed by atoms with van der Waals surface area (Å²) in [6.45, 7) is 6.36. The molecule has 0 spiro atoms. The standard InChI is InChI=1S/C12H17BrN2O/c1-3-14-6-7-15-12(16)11-5-4-10(13)8-9(11)2/h4-5,8,14H,3,6-7H2,1-2H3,(H,15,16). The van der Waals surface area contributed by atoms with E-state index in [0.717, 1.165) is 28.7 Å². The molecule has 88 valence electrons. The maximum Gasteiger partial charge on any atom is 0.251 e. The van der Waals surface area contributed by atoms with E-state index >= 15 is 0 Å². The summed E-state index contributed by atoms with van der Waals surface area (Å²) in [5, 5.41) is 6.03. The molecule has 2 N–H and O–H groups in total. The molecular weight excluding hydrogens is 268 g/mol. The molecule has 0 unspecified atom stereocenters. The fraction of sp³-hybridized carbons (Fsp3) is 0.417. The Morgan fingerprint density at radius 3 is 2.75 bits per heavy atom. The summed E-state index contributed by atoms with van der Waals surface area (Å²) in [6, 6.07) is 5.66. The number of aryl methyl sites for hydroxylation is 1. The van der Waals surface area contributed by atoms with Crippen LogP contribution in [-0.2, 0) is 0 Å². The van der Waals surface area contributed by atoms with Crippen LogP contribution in [0.25, 0.3) is 0 Å². The van der Waals surface area contributed by atoms with Crippen molar-refractivity contribution in [2.24, 2.45) is 0 Å². The molecule has 0 saturated carbocycles. The summed E-state index contributed by atoms with van der Waals surface area (Å²) >= 11 is 3.38. The third-order valence-corrected chi connectivity index (χ3v) is 2.76. The fourth-order valence-electron chi connectivity index (χ4n) is 1.42. The molecule has 1 rings (SSSR count). The number of benzene rings is 1. The molecule has 0 saturated heterocycles. The van der Waals surface area contributed by atoms with Crippen LogP contribution in [0, 0.1) is 6.92 Å². The van der Waals surface area contributed by atoms with Crippen molar-refractivity contribution in [3.63, 3.8) is 0 Å². The fourth-order valence-corrected chi connectivity index (χ4v) is 1.89. The summed E-state index contributed by atoms with van der Waals surface area (Å²) in [6.07, 6.45) is 0. The third-order valence-electron chi connectivity index (χ3n) is 2.27. The molecule has 0 atom stereocenters. The summed E-state index contributed by atoms with van der Waals surface area (Å²) < 4.78 is 0.995. The molecule has 0 aliphatic carbocycles. The highest BCUT2D eigenvalue weighted by Gasteiger charge is 2.07. The van der Waals surface area contributed by atoms with E-state index in [4.69, 9.17) is 0 Å². The van der Waals surface area contributed by atoms with Gasteiger partial charge in [0.15, 0.2) is 0 Å². The van der Waals surface area contributed by atoms with Crippen molar-refractivity contribution in [3.05, 3.63) is 33.8 Å². The molecule has 0 aliphatic rings. The Morgan fingerprint density at radius 2 is 2.12 bits per heavy atom. The summed E-state index contributed by atoms with van der Waals surface area (Å²) in [7, 11) is 0. The van der Waals surface area contributed by atoms with Crippen LogP contribution in [0.5, 0.6) is 0 Å². The van der Waals surface area contributed by atoms with E-state index in [0.29, 0.717) is 6.54 Å². The number of nitrogens with one attached hydrogen (secondary N) is 2. The largest absolute Gasteiger partial charge is 0.351 e. The molecule has 3 nitrogen and oxygen atoms in total. The number of hydrogen-bond donors (Lipinski definition) is 2. The van der Waals surface area contributed by atoms with Gasteiger partial charge in [-0.05, 0) is 37.2 Å². The molecule has 0 aromatic heterocycles. The van der Waals surface area contributed by atoms with Crippen molar-refractivity contribution < 1.29 is 4.79 Å². The minimum atomic E-state index is -0.0112. The Hall–Kier alpha value is -0.870. The molecule has 0 heterocycles. The number of carbonyl (C=O) groups excluding carboxylic acids is 1. The van der Waals surface area contributed by atoms with Gasteiger partial charge in [0, 0.05) is 23.1 Å². The first kappa shape index (κ1) is 13.2. The van der Waals surface area contributed by atoms with Crippen molar-refractivity contribution in [2.75, 3.05) is 19.6 Å². The van der Waals surface area contributed by atoms with Gasteiger partial charge in [0.2, 0.25) is 0 Å². The van der Waals surface area contributed by atoms with Crippen LogP contribution in [0.15, 0.2) is 22.7 Å². The normalized spacial score (nSPS) is 10.2. The van der Waals surface area contributed by atoms with Gasteiger partial charge in [0.25, 0.3) is 5.91 Å². The zero-order valence-electron chi connectivity index (χ0n) is 9.64. The first-order chi connectivity index (χ1) is 7.65. The highest BCUT2D eigenvalue weighted by molar-refractivity contribution is 9.10. The Balaban J connectivity index is 2.53. The van der Waals surface area contributed by atoms with Gasteiger partial charge in [-0.3, -0.25) is 4.79 Å². The number of hydrogen-bond acceptors (Lipinski definition) is 2. The lowest BCUT2D eigenvalue weighted by Gasteiger charge is -2.08. The van der Waals surface area contributed by atoms with E-state index in [2.05, 4.69) is 26.6 Å². The molecule has 0 fully saturated rings. The maximum absolute atomic E-state index is 11.8. The van der Waals surface area contributed by atoms with Crippen molar-refractivity contribution in [2.45, 2.75) is 13.8 Å². The Labute approximate surface area is 105 Å². The van der Waals surface area contributed by atoms with Crippen LogP contribution in [-0.4, -0.2) is 25.5 Å². The molecule has 1 amide bonds. The van der Waals surface area contributed by atoms with Gasteiger partial charge in [-0.1, -0.05) is 22.9 Å². The van der Waals surface area contributed by atoms with Crippen LogP contribution < -0.4 is 10.6 Å². The van der Waals surface area contributed by atoms with Crippen LogP contribution in [0.4, 0.5) is 0 Å². The van der Waals surface area contributed by atoms with Crippen molar-refractivity contribution >= 4 is 21.8 Å². The molecule has 4 heteroatoms. The summed E-state index contributed by atoms with van der Waals surface area (Å²) in [4.78, 5) is 11.8. The van der Waals surface area contributed by atoms with Crippen molar-refractivity contribution in [1.29, 1.82) is 0 Å². The van der Waals surface area contributed by atoms with Gasteiger partial charge in [0.1, 0.15) is 0 Å². The molecule has 16 heavy (non-hydrogen) atoms. The second-order valence-electron chi connectivity index (χ2n) is 3.57. The zero-order valence-corrected chi connectivity index (χ0v) is 11.2. The zero-order chi connectivity index (χ0) is 12.0. The molecule has 0 radical (unpaired) electrons. The van der Waals surface area contributed by atoms with Gasteiger partial charge in [-0.2, -0.15) is 0 Å². The Bertz CT molecular complexity index is 366. The smallest absolute Gasteiger partial charge is 0.251 e. The van der Waals surface area contributed by atoms with Crippen LogP contribution >= 0.6 is 15.9 Å². The molecular formula is C12H17BrN2O. The lowest BCUT2D eigenvalue weighted by atomic mass is 10.1. The number of amides is 1. The van der Waals surface area contributed by atoms with Crippen molar-refractivity contribution in [3.8, 4) is 0 Å². The first-order valence-corrected chi connectivity index (χ1v) is 6.19. The molecule has 1 aromatic rings. The number of carbonyl (C=O) groups is 1. The van der Waals surface area contributed by atoms with E-state index in [1.807, 2.05) is 32.0 Å². The SMILES string of the molecule is CCNCCNC(=O)c1ccc(Br)cc1C. The van der Waals surface area contributed by atoms with Crippen LogP contribution in [0.1, 0.15) is 22.8 Å². The van der Waals surface area contributed by atoms with Crippen LogP contribution in [0.3, 0.4) is 0 Å². The van der Waals surface area contributed by atoms with E-state index in [-0.39, 0.29) is 5.91 Å². The number of halogens is 1. The predicted octanol–water partition coefficient (Wildman–Crippen LogP) is 2.10. The molecule has 0 aliphatic heterocycles. The number of likely N-dealkylation sites (N-methyl/N-ethyl adjacent to an activating group) is 1. The van der Waals surface area contributed by atoms with Gasteiger partial charge < -0.3 is 10.6 Å². The second kappa shape index (κ2) is 6.66. The maximum atomic E-state index is 11.8. The Kier molecular flexibility index (Phi) is 5.49. The highest BCUT2D eigenvalue weighted by atomic mass is 79.9. The van der Waals surface area contributed by atoms with Gasteiger partial charge in [-0.15, -0.1) is 0 Å². The van der Waals surface area contributed by atoms with Crippen LogP contribution in [0.2, 0.25) is 0 Å². The van der Waals surface area contributed by atoms with Gasteiger partial charge >= 0.3 is 0 Å². The second-order valence-corrected chi connectivity index (χ2v) is 4.48. The molecule has 1 aromatic carbocycles. The summed E-state index contributed by atoms with van der Waals surface area (Å²) in [5.41, 5.74) is 1.72.